The van der Waals surface area contributed by atoms with E-state index in [2.05, 4.69) is 22.1 Å². The average Bonchev–Trinajstić information content (AvgIpc) is 3.22. The summed E-state index contributed by atoms with van der Waals surface area (Å²) in [5.74, 6) is 1.69. The number of likely N-dealkylation sites (tertiary alicyclic amines) is 1. The second-order valence-corrected chi connectivity index (χ2v) is 7.80. The van der Waals surface area contributed by atoms with Gasteiger partial charge in [0.1, 0.15) is 12.0 Å². The van der Waals surface area contributed by atoms with E-state index in [9.17, 15) is 4.79 Å². The van der Waals surface area contributed by atoms with Crippen molar-refractivity contribution in [1.82, 2.24) is 15.2 Å². The number of methoxy groups -OCH3 is 1. The van der Waals surface area contributed by atoms with Crippen LogP contribution in [-0.2, 0) is 11.3 Å². The molecule has 1 aliphatic rings. The van der Waals surface area contributed by atoms with E-state index in [0.29, 0.717) is 12.4 Å². The summed E-state index contributed by atoms with van der Waals surface area (Å²) in [6.45, 7) is 5.48. The Bertz CT molecular complexity index is 757. The van der Waals surface area contributed by atoms with Gasteiger partial charge in [-0.2, -0.15) is 0 Å². The lowest BCUT2D eigenvalue weighted by Gasteiger charge is -2.31. The van der Waals surface area contributed by atoms with Crippen molar-refractivity contribution >= 4 is 5.91 Å². The number of hydrogen-bond donors (Lipinski definition) is 1. The number of amides is 1. The maximum atomic E-state index is 12.5. The number of hydrogen-bond acceptors (Lipinski definition) is 5. The number of piperidine rings is 1. The van der Waals surface area contributed by atoms with Crippen LogP contribution in [0.3, 0.4) is 0 Å². The normalized spacial score (nSPS) is 17.2. The van der Waals surface area contributed by atoms with Crippen LogP contribution in [0.15, 0.2) is 34.9 Å². The predicted molar refractivity (Wildman–Crippen MR) is 114 cm³/mol. The van der Waals surface area contributed by atoms with E-state index in [1.807, 2.05) is 24.3 Å². The molecule has 1 aromatic heterocycles. The SMILES string of the molecule is CCCCCCNC(=O)C1CCCN(Cc2coc(-c3ccc(OC)cc3)n2)C1. The molecule has 1 amide bonds. The number of aromatic nitrogens is 1. The van der Waals surface area contributed by atoms with E-state index in [1.165, 1.54) is 19.3 Å². The van der Waals surface area contributed by atoms with Gasteiger partial charge in [0, 0.05) is 25.2 Å². The Morgan fingerprint density at radius 1 is 1.28 bits per heavy atom. The van der Waals surface area contributed by atoms with Crippen LogP contribution in [0.4, 0.5) is 0 Å². The number of unbranched alkanes of at least 4 members (excludes halogenated alkanes) is 3. The van der Waals surface area contributed by atoms with Crippen LogP contribution in [0.25, 0.3) is 11.5 Å². The Kier molecular flexibility index (Phi) is 8.11. The smallest absolute Gasteiger partial charge is 0.226 e. The second-order valence-electron chi connectivity index (χ2n) is 7.80. The van der Waals surface area contributed by atoms with E-state index in [1.54, 1.807) is 13.4 Å². The van der Waals surface area contributed by atoms with Gasteiger partial charge in [0.25, 0.3) is 0 Å². The van der Waals surface area contributed by atoms with E-state index < -0.39 is 0 Å². The lowest BCUT2D eigenvalue weighted by molar-refractivity contribution is -0.126. The lowest BCUT2D eigenvalue weighted by Crippen LogP contribution is -2.42. The molecule has 2 heterocycles. The predicted octanol–water partition coefficient (Wildman–Crippen LogP) is 4.26. The van der Waals surface area contributed by atoms with Gasteiger partial charge >= 0.3 is 0 Å². The van der Waals surface area contributed by atoms with Crippen molar-refractivity contribution < 1.29 is 13.9 Å². The summed E-state index contributed by atoms with van der Waals surface area (Å²) in [5, 5.41) is 3.12. The van der Waals surface area contributed by atoms with Crippen LogP contribution in [0.2, 0.25) is 0 Å². The van der Waals surface area contributed by atoms with Gasteiger partial charge in [-0.25, -0.2) is 4.98 Å². The van der Waals surface area contributed by atoms with Gasteiger partial charge in [0.05, 0.1) is 18.7 Å². The number of nitrogens with zero attached hydrogens (tertiary/aromatic N) is 2. The maximum absolute atomic E-state index is 12.5. The van der Waals surface area contributed by atoms with Gasteiger partial charge in [-0.3, -0.25) is 9.69 Å². The summed E-state index contributed by atoms with van der Waals surface area (Å²) in [6.07, 6.45) is 8.44. The van der Waals surface area contributed by atoms with Crippen molar-refractivity contribution in [2.24, 2.45) is 5.92 Å². The molecule has 1 atom stereocenters. The molecule has 1 saturated heterocycles. The Morgan fingerprint density at radius 3 is 2.86 bits per heavy atom. The van der Waals surface area contributed by atoms with Crippen molar-refractivity contribution in [2.75, 3.05) is 26.7 Å². The van der Waals surface area contributed by atoms with E-state index in [4.69, 9.17) is 9.15 Å². The molecular weight excluding hydrogens is 366 g/mol. The van der Waals surface area contributed by atoms with Gasteiger partial charge in [-0.05, 0) is 50.1 Å². The molecule has 0 spiro atoms. The monoisotopic (exact) mass is 399 g/mol. The zero-order chi connectivity index (χ0) is 20.5. The molecule has 1 N–H and O–H groups in total. The van der Waals surface area contributed by atoms with Crippen LogP contribution < -0.4 is 10.1 Å². The molecule has 0 radical (unpaired) electrons. The van der Waals surface area contributed by atoms with Crippen molar-refractivity contribution in [3.05, 3.63) is 36.2 Å². The number of benzene rings is 1. The minimum atomic E-state index is 0.0721. The molecule has 0 bridgehead atoms. The van der Waals surface area contributed by atoms with Gasteiger partial charge in [-0.1, -0.05) is 26.2 Å². The standard InChI is InChI=1S/C23H33N3O3/c1-3-4-5-6-13-24-22(27)19-8-7-14-26(15-19)16-20-17-29-23(25-20)18-9-11-21(28-2)12-10-18/h9-12,17,19H,3-8,13-16H2,1-2H3,(H,24,27). The fraction of sp³-hybridized carbons (Fsp3) is 0.565. The molecule has 158 valence electrons. The second kappa shape index (κ2) is 11.0. The minimum absolute atomic E-state index is 0.0721. The molecule has 1 aromatic carbocycles. The molecule has 6 nitrogen and oxygen atoms in total. The zero-order valence-corrected chi connectivity index (χ0v) is 17.7. The quantitative estimate of drug-likeness (QED) is 0.605. The number of carbonyl (C=O) groups excluding carboxylic acids is 1. The van der Waals surface area contributed by atoms with E-state index in [-0.39, 0.29) is 11.8 Å². The van der Waals surface area contributed by atoms with E-state index >= 15 is 0 Å². The first-order valence-corrected chi connectivity index (χ1v) is 10.8. The summed E-state index contributed by atoms with van der Waals surface area (Å²) in [6, 6.07) is 7.68. The van der Waals surface area contributed by atoms with Gasteiger partial charge in [0.2, 0.25) is 11.8 Å². The Labute approximate surface area is 173 Å². The topological polar surface area (TPSA) is 67.6 Å². The van der Waals surface area contributed by atoms with Crippen LogP contribution in [0.1, 0.15) is 51.1 Å². The minimum Gasteiger partial charge on any atom is -0.497 e. The van der Waals surface area contributed by atoms with E-state index in [0.717, 1.165) is 55.9 Å². The molecular formula is C23H33N3O3. The number of carbonyl (C=O) groups is 1. The Morgan fingerprint density at radius 2 is 2.10 bits per heavy atom. The fourth-order valence-electron chi connectivity index (χ4n) is 3.80. The van der Waals surface area contributed by atoms with Gasteiger partial charge < -0.3 is 14.5 Å². The summed E-state index contributed by atoms with van der Waals surface area (Å²) in [4.78, 5) is 19.4. The highest BCUT2D eigenvalue weighted by Gasteiger charge is 2.26. The molecule has 0 aliphatic carbocycles. The fourth-order valence-corrected chi connectivity index (χ4v) is 3.80. The number of nitrogens with one attached hydrogen (secondary N) is 1. The van der Waals surface area contributed by atoms with Gasteiger partial charge in [-0.15, -0.1) is 0 Å². The molecule has 29 heavy (non-hydrogen) atoms. The molecule has 0 saturated carbocycles. The van der Waals surface area contributed by atoms with Crippen LogP contribution in [0.5, 0.6) is 5.75 Å². The molecule has 6 heteroatoms. The van der Waals surface area contributed by atoms with Crippen LogP contribution >= 0.6 is 0 Å². The summed E-state index contributed by atoms with van der Waals surface area (Å²) >= 11 is 0. The third kappa shape index (κ3) is 6.32. The van der Waals surface area contributed by atoms with Crippen molar-refractivity contribution in [1.29, 1.82) is 0 Å². The molecule has 1 fully saturated rings. The lowest BCUT2D eigenvalue weighted by atomic mass is 9.97. The number of ether oxygens (including phenoxy) is 1. The van der Waals surface area contributed by atoms with Crippen LogP contribution in [0, 0.1) is 5.92 Å². The third-order valence-corrected chi connectivity index (χ3v) is 5.48. The highest BCUT2D eigenvalue weighted by atomic mass is 16.5. The first-order valence-electron chi connectivity index (χ1n) is 10.8. The highest BCUT2D eigenvalue weighted by Crippen LogP contribution is 2.23. The highest BCUT2D eigenvalue weighted by molar-refractivity contribution is 5.78. The summed E-state index contributed by atoms with van der Waals surface area (Å²) in [7, 11) is 1.65. The van der Waals surface area contributed by atoms with Crippen LogP contribution in [-0.4, -0.2) is 42.5 Å². The average molecular weight is 400 g/mol. The Hall–Kier alpha value is -2.34. The first kappa shape index (κ1) is 21.4. The van der Waals surface area contributed by atoms with Crippen molar-refractivity contribution in [3.8, 4) is 17.2 Å². The Balaban J connectivity index is 1.48. The van der Waals surface area contributed by atoms with Gasteiger partial charge in [0.15, 0.2) is 0 Å². The maximum Gasteiger partial charge on any atom is 0.226 e. The largest absolute Gasteiger partial charge is 0.497 e. The molecule has 3 rings (SSSR count). The first-order chi connectivity index (χ1) is 14.2. The molecule has 2 aromatic rings. The summed E-state index contributed by atoms with van der Waals surface area (Å²) in [5.41, 5.74) is 1.83. The van der Waals surface area contributed by atoms with Crippen molar-refractivity contribution in [3.63, 3.8) is 0 Å². The zero-order valence-electron chi connectivity index (χ0n) is 17.7. The number of oxazole rings is 1. The molecule has 1 aliphatic heterocycles. The number of rotatable bonds is 10. The van der Waals surface area contributed by atoms with Crippen molar-refractivity contribution in [2.45, 2.75) is 52.0 Å². The third-order valence-electron chi connectivity index (χ3n) is 5.48. The molecule has 1 unspecified atom stereocenters. The summed E-state index contributed by atoms with van der Waals surface area (Å²) < 4.78 is 10.9.